The molecule has 39 heavy (non-hydrogen) atoms. The standard InChI is InChI=1S/C22H22N4O.C8H5F3O/c1-14-3-6-18(23-2)13-19(14)16-7-9-24-20(11-16)17-8-10-25-21(12-17)26-22(27)15-4-5-15;9-8(10,11)7-3-1-2-6(4-7)5-12/h3,6-13,15,23H,4-5H2,1-2H3,(H,25,26,27);1-5H. The molecule has 0 unspecified atom stereocenters. The van der Waals surface area contributed by atoms with Crippen molar-refractivity contribution in [2.45, 2.75) is 25.9 Å². The van der Waals surface area contributed by atoms with Gasteiger partial charge in [0.1, 0.15) is 12.1 Å². The summed E-state index contributed by atoms with van der Waals surface area (Å²) < 4.78 is 36.0. The molecule has 4 aromatic rings. The van der Waals surface area contributed by atoms with E-state index in [0.717, 1.165) is 47.5 Å². The lowest BCUT2D eigenvalue weighted by Crippen LogP contribution is -2.14. The lowest BCUT2D eigenvalue weighted by molar-refractivity contribution is -0.137. The maximum Gasteiger partial charge on any atom is 0.416 e. The van der Waals surface area contributed by atoms with Crippen LogP contribution in [0.4, 0.5) is 24.7 Å². The number of rotatable bonds is 6. The van der Waals surface area contributed by atoms with Crippen LogP contribution in [0.5, 0.6) is 0 Å². The van der Waals surface area contributed by atoms with E-state index < -0.39 is 11.7 Å². The topological polar surface area (TPSA) is 84.0 Å². The molecular formula is C30H27F3N4O2. The van der Waals surface area contributed by atoms with Crippen LogP contribution in [0.25, 0.3) is 22.4 Å². The Morgan fingerprint density at radius 2 is 1.69 bits per heavy atom. The molecule has 2 heterocycles. The van der Waals surface area contributed by atoms with Crippen molar-refractivity contribution in [3.8, 4) is 22.4 Å². The van der Waals surface area contributed by atoms with E-state index in [1.54, 1.807) is 6.20 Å². The van der Waals surface area contributed by atoms with Gasteiger partial charge in [0.2, 0.25) is 5.91 Å². The zero-order valence-corrected chi connectivity index (χ0v) is 21.4. The predicted octanol–water partition coefficient (Wildman–Crippen LogP) is 7.03. The molecule has 0 saturated heterocycles. The number of carbonyl (C=O) groups excluding carboxylic acids is 2. The molecule has 0 bridgehead atoms. The van der Waals surface area contributed by atoms with Gasteiger partial charge in [0, 0.05) is 42.2 Å². The highest BCUT2D eigenvalue weighted by atomic mass is 19.4. The van der Waals surface area contributed by atoms with Crippen molar-refractivity contribution in [3.63, 3.8) is 0 Å². The number of aldehydes is 1. The first-order valence-corrected chi connectivity index (χ1v) is 12.3. The van der Waals surface area contributed by atoms with Gasteiger partial charge in [-0.3, -0.25) is 14.6 Å². The number of hydrogen-bond acceptors (Lipinski definition) is 5. The molecule has 5 rings (SSSR count). The summed E-state index contributed by atoms with van der Waals surface area (Å²) in [5.74, 6) is 0.783. The highest BCUT2D eigenvalue weighted by Crippen LogP contribution is 2.32. The molecule has 1 amide bonds. The molecule has 6 nitrogen and oxygen atoms in total. The van der Waals surface area contributed by atoms with Crippen molar-refractivity contribution < 1.29 is 22.8 Å². The largest absolute Gasteiger partial charge is 0.416 e. The first-order valence-electron chi connectivity index (χ1n) is 12.3. The smallest absolute Gasteiger partial charge is 0.388 e. The van der Waals surface area contributed by atoms with Crippen molar-refractivity contribution in [1.29, 1.82) is 0 Å². The van der Waals surface area contributed by atoms with Crippen LogP contribution in [-0.4, -0.2) is 29.2 Å². The number of halogens is 3. The molecule has 0 atom stereocenters. The Balaban J connectivity index is 0.000000247. The molecule has 0 aliphatic heterocycles. The van der Waals surface area contributed by atoms with E-state index in [1.807, 2.05) is 31.4 Å². The van der Waals surface area contributed by atoms with E-state index in [9.17, 15) is 22.8 Å². The van der Waals surface area contributed by atoms with Crippen molar-refractivity contribution in [3.05, 3.63) is 95.8 Å². The predicted molar refractivity (Wildman–Crippen MR) is 145 cm³/mol. The summed E-state index contributed by atoms with van der Waals surface area (Å²) >= 11 is 0. The maximum absolute atomic E-state index is 12.0. The van der Waals surface area contributed by atoms with E-state index in [1.165, 1.54) is 23.3 Å². The lowest BCUT2D eigenvalue weighted by Gasteiger charge is -2.11. The molecule has 2 aromatic heterocycles. The SMILES string of the molecule is CNc1ccc(C)c(-c2ccnc(-c3ccnc(NC(=O)C4CC4)c3)c2)c1.O=Cc1cccc(C(F)(F)F)c1. The van der Waals surface area contributed by atoms with Crippen molar-refractivity contribution in [2.75, 3.05) is 17.7 Å². The Morgan fingerprint density at radius 1 is 0.949 bits per heavy atom. The molecular weight excluding hydrogens is 505 g/mol. The molecule has 2 aromatic carbocycles. The summed E-state index contributed by atoms with van der Waals surface area (Å²) in [7, 11) is 1.92. The Hall–Kier alpha value is -4.53. The number of nitrogens with one attached hydrogen (secondary N) is 2. The Kier molecular flexibility index (Phi) is 8.39. The van der Waals surface area contributed by atoms with Crippen LogP contribution in [0, 0.1) is 12.8 Å². The molecule has 2 N–H and O–H groups in total. The monoisotopic (exact) mass is 532 g/mol. The van der Waals surface area contributed by atoms with Gasteiger partial charge in [-0.1, -0.05) is 18.2 Å². The lowest BCUT2D eigenvalue weighted by atomic mass is 9.99. The number of alkyl halides is 3. The minimum atomic E-state index is -4.38. The van der Waals surface area contributed by atoms with Crippen molar-refractivity contribution in [1.82, 2.24) is 9.97 Å². The summed E-state index contributed by atoms with van der Waals surface area (Å²) in [6.45, 7) is 2.10. The minimum Gasteiger partial charge on any atom is -0.388 e. The summed E-state index contributed by atoms with van der Waals surface area (Å²) in [6.07, 6.45) is 1.48. The highest BCUT2D eigenvalue weighted by molar-refractivity contribution is 5.93. The van der Waals surface area contributed by atoms with Crippen molar-refractivity contribution >= 4 is 23.7 Å². The third kappa shape index (κ3) is 7.28. The van der Waals surface area contributed by atoms with Crippen LogP contribution in [0.2, 0.25) is 0 Å². The molecule has 1 aliphatic rings. The van der Waals surface area contributed by atoms with Crippen LogP contribution in [0.15, 0.2) is 79.1 Å². The number of aromatic nitrogens is 2. The van der Waals surface area contributed by atoms with Gasteiger partial charge in [-0.05, 0) is 85.0 Å². The molecule has 1 fully saturated rings. The second-order valence-electron chi connectivity index (χ2n) is 9.14. The molecule has 0 radical (unpaired) electrons. The number of amides is 1. The van der Waals surface area contributed by atoms with Crippen LogP contribution in [-0.2, 0) is 11.0 Å². The van der Waals surface area contributed by atoms with Crippen molar-refractivity contribution in [2.24, 2.45) is 5.92 Å². The third-order valence-corrected chi connectivity index (χ3v) is 6.20. The van der Waals surface area contributed by atoms with Crippen LogP contribution in [0.1, 0.15) is 34.3 Å². The number of benzene rings is 2. The fourth-order valence-electron chi connectivity index (χ4n) is 3.86. The zero-order chi connectivity index (χ0) is 28.0. The van der Waals surface area contributed by atoms with E-state index in [0.29, 0.717) is 12.1 Å². The van der Waals surface area contributed by atoms with Gasteiger partial charge in [0.25, 0.3) is 0 Å². The Bertz CT molecular complexity index is 1480. The molecule has 0 spiro atoms. The van der Waals surface area contributed by atoms with Gasteiger partial charge in [-0.15, -0.1) is 0 Å². The number of nitrogens with zero attached hydrogens (tertiary/aromatic N) is 2. The summed E-state index contributed by atoms with van der Waals surface area (Å²) in [5, 5.41) is 6.08. The first kappa shape index (κ1) is 27.5. The first-order chi connectivity index (χ1) is 18.7. The van der Waals surface area contributed by atoms with Gasteiger partial charge in [0.15, 0.2) is 0 Å². The second kappa shape index (κ2) is 11.9. The van der Waals surface area contributed by atoms with Gasteiger partial charge in [-0.2, -0.15) is 13.2 Å². The number of aryl methyl sites for hydroxylation is 1. The quantitative estimate of drug-likeness (QED) is 0.261. The molecule has 9 heteroatoms. The number of anilines is 2. The minimum absolute atomic E-state index is 0.0322. The Labute approximate surface area is 224 Å². The molecule has 1 saturated carbocycles. The number of pyridine rings is 2. The van der Waals surface area contributed by atoms with Gasteiger partial charge < -0.3 is 10.6 Å². The van der Waals surface area contributed by atoms with Crippen LogP contribution < -0.4 is 10.6 Å². The second-order valence-corrected chi connectivity index (χ2v) is 9.14. The third-order valence-electron chi connectivity index (χ3n) is 6.20. The summed E-state index contributed by atoms with van der Waals surface area (Å²) in [6, 6.07) is 18.5. The number of hydrogen-bond donors (Lipinski definition) is 2. The van der Waals surface area contributed by atoms with E-state index >= 15 is 0 Å². The average molecular weight is 533 g/mol. The summed E-state index contributed by atoms with van der Waals surface area (Å²) in [4.78, 5) is 30.9. The fraction of sp³-hybridized carbons (Fsp3) is 0.200. The van der Waals surface area contributed by atoms with Gasteiger partial charge >= 0.3 is 6.18 Å². The highest BCUT2D eigenvalue weighted by Gasteiger charge is 2.30. The normalized spacial score (nSPS) is 12.6. The zero-order valence-electron chi connectivity index (χ0n) is 21.4. The Morgan fingerprint density at radius 3 is 2.38 bits per heavy atom. The fourth-order valence-corrected chi connectivity index (χ4v) is 3.86. The number of carbonyl (C=O) groups is 2. The van der Waals surface area contributed by atoms with Crippen LogP contribution in [0.3, 0.4) is 0 Å². The van der Waals surface area contributed by atoms with E-state index in [2.05, 4.69) is 51.8 Å². The van der Waals surface area contributed by atoms with Crippen LogP contribution >= 0.6 is 0 Å². The maximum atomic E-state index is 12.0. The molecule has 1 aliphatic carbocycles. The molecule has 200 valence electrons. The average Bonchev–Trinajstić information content (AvgIpc) is 3.80. The van der Waals surface area contributed by atoms with Gasteiger partial charge in [0.05, 0.1) is 11.3 Å². The van der Waals surface area contributed by atoms with E-state index in [-0.39, 0.29) is 17.4 Å². The van der Waals surface area contributed by atoms with E-state index in [4.69, 9.17) is 0 Å². The van der Waals surface area contributed by atoms with Gasteiger partial charge in [-0.25, -0.2) is 4.98 Å². The summed E-state index contributed by atoms with van der Waals surface area (Å²) in [5.41, 5.74) is 5.57.